The number of nitrogens with zero attached hydrogens (tertiary/aromatic N) is 5. The molecule has 1 aliphatic carbocycles. The molecule has 3 rings (SSSR count). The first-order valence-electron chi connectivity index (χ1n) is 8.36. The second kappa shape index (κ2) is 7.54. The summed E-state index contributed by atoms with van der Waals surface area (Å²) in [4.78, 5) is 9.22. The summed E-state index contributed by atoms with van der Waals surface area (Å²) in [6, 6.07) is 0. The van der Waals surface area contributed by atoms with Gasteiger partial charge >= 0.3 is 0 Å². The van der Waals surface area contributed by atoms with Gasteiger partial charge in [-0.2, -0.15) is 10.1 Å². The fourth-order valence-electron chi connectivity index (χ4n) is 3.02. The molecule has 0 bridgehead atoms. The summed E-state index contributed by atoms with van der Waals surface area (Å²) in [6.07, 6.45) is 10.4. The van der Waals surface area contributed by atoms with Crippen LogP contribution in [-0.4, -0.2) is 59.9 Å². The maximum atomic E-state index is 4.61. The number of anilines is 2. The van der Waals surface area contributed by atoms with Gasteiger partial charge in [-0.05, 0) is 39.2 Å². The Hall–Kier alpha value is -1.69. The third kappa shape index (κ3) is 4.16. The van der Waals surface area contributed by atoms with Crippen molar-refractivity contribution < 1.29 is 0 Å². The summed E-state index contributed by atoms with van der Waals surface area (Å²) in [5.41, 5.74) is 1.57. The molecule has 1 fully saturated rings. The summed E-state index contributed by atoms with van der Waals surface area (Å²) in [5.74, 6) is 1.58. The van der Waals surface area contributed by atoms with Crippen LogP contribution in [0.4, 0.5) is 11.8 Å². The summed E-state index contributed by atoms with van der Waals surface area (Å²) in [5, 5.41) is 11.5. The van der Waals surface area contributed by atoms with Gasteiger partial charge in [0.2, 0.25) is 5.95 Å². The third-order valence-electron chi connectivity index (χ3n) is 4.49. The van der Waals surface area contributed by atoms with Crippen LogP contribution in [0.15, 0.2) is 17.8 Å². The van der Waals surface area contributed by atoms with Crippen molar-refractivity contribution >= 4 is 11.8 Å². The minimum atomic E-state index is 0.646. The zero-order valence-electron chi connectivity index (χ0n) is 13.5. The van der Waals surface area contributed by atoms with E-state index in [1.165, 1.54) is 25.7 Å². The maximum absolute atomic E-state index is 4.61. The summed E-state index contributed by atoms with van der Waals surface area (Å²) in [6.45, 7) is 5.03. The van der Waals surface area contributed by atoms with Crippen molar-refractivity contribution in [2.24, 2.45) is 0 Å². The Kier molecular flexibility index (Phi) is 5.21. The van der Waals surface area contributed by atoms with Gasteiger partial charge in [0.05, 0.1) is 6.20 Å². The minimum Gasteiger partial charge on any atom is -0.353 e. The van der Waals surface area contributed by atoms with E-state index in [0.29, 0.717) is 5.95 Å². The molecule has 120 valence electrons. The molecule has 1 saturated heterocycles. The fourth-order valence-corrected chi connectivity index (χ4v) is 3.02. The number of nitrogens with one attached hydrogen (secondary N) is 1. The average molecular weight is 302 g/mol. The van der Waals surface area contributed by atoms with E-state index in [2.05, 4.69) is 43.4 Å². The van der Waals surface area contributed by atoms with Gasteiger partial charge in [0.25, 0.3) is 0 Å². The molecule has 0 saturated carbocycles. The largest absolute Gasteiger partial charge is 0.353 e. The molecule has 6 nitrogen and oxygen atoms in total. The van der Waals surface area contributed by atoms with E-state index in [4.69, 9.17) is 0 Å². The van der Waals surface area contributed by atoms with Gasteiger partial charge in [0, 0.05) is 32.7 Å². The molecule has 22 heavy (non-hydrogen) atoms. The topological polar surface area (TPSA) is 57.2 Å². The molecule has 6 heteroatoms. The zero-order valence-corrected chi connectivity index (χ0v) is 13.5. The number of likely N-dealkylation sites (N-methyl/N-ethyl adjacent to an activating group) is 1. The van der Waals surface area contributed by atoms with E-state index in [1.54, 1.807) is 11.8 Å². The Bertz CT molecular complexity index is 507. The first-order chi connectivity index (χ1) is 10.8. The highest BCUT2D eigenvalue weighted by Gasteiger charge is 2.16. The fraction of sp³-hybridized carbons (Fsp3) is 0.688. The Balaban J connectivity index is 1.51. The normalized spacial score (nSPS) is 19.9. The Morgan fingerprint density at radius 2 is 2.05 bits per heavy atom. The van der Waals surface area contributed by atoms with Gasteiger partial charge in [-0.25, -0.2) is 0 Å². The highest BCUT2D eigenvalue weighted by molar-refractivity contribution is 5.40. The third-order valence-corrected chi connectivity index (χ3v) is 4.49. The zero-order chi connectivity index (χ0) is 15.2. The molecule has 0 atom stereocenters. The van der Waals surface area contributed by atoms with Gasteiger partial charge in [-0.3, -0.25) is 0 Å². The lowest BCUT2D eigenvalue weighted by molar-refractivity contribution is 0.312. The Morgan fingerprint density at radius 1 is 1.18 bits per heavy atom. The summed E-state index contributed by atoms with van der Waals surface area (Å²) >= 11 is 0. The van der Waals surface area contributed by atoms with Crippen LogP contribution in [0.1, 0.15) is 32.1 Å². The van der Waals surface area contributed by atoms with Crippen LogP contribution in [0, 0.1) is 0 Å². The molecule has 0 radical (unpaired) electrons. The van der Waals surface area contributed by atoms with Crippen molar-refractivity contribution in [1.82, 2.24) is 20.1 Å². The second-order valence-electron chi connectivity index (χ2n) is 6.21. The van der Waals surface area contributed by atoms with E-state index in [0.717, 1.165) is 45.0 Å². The van der Waals surface area contributed by atoms with Crippen molar-refractivity contribution in [1.29, 1.82) is 0 Å². The van der Waals surface area contributed by atoms with Crippen LogP contribution in [-0.2, 0) is 0 Å². The average Bonchev–Trinajstić information content (AvgIpc) is 2.57. The number of aromatic nitrogens is 3. The number of allylic oxidation sites excluding steroid dienone is 1. The van der Waals surface area contributed by atoms with E-state index < -0.39 is 0 Å². The molecule has 1 N–H and O–H groups in total. The van der Waals surface area contributed by atoms with Gasteiger partial charge in [-0.15, -0.1) is 5.10 Å². The van der Waals surface area contributed by atoms with E-state index in [-0.39, 0.29) is 0 Å². The number of hydrogen-bond acceptors (Lipinski definition) is 6. The molecule has 1 aliphatic heterocycles. The van der Waals surface area contributed by atoms with Crippen LogP contribution >= 0.6 is 0 Å². The maximum Gasteiger partial charge on any atom is 0.244 e. The molecule has 2 heterocycles. The van der Waals surface area contributed by atoms with Crippen LogP contribution in [0.25, 0.3) is 0 Å². The quantitative estimate of drug-likeness (QED) is 0.839. The van der Waals surface area contributed by atoms with E-state index in [1.807, 2.05) is 0 Å². The molecule has 0 unspecified atom stereocenters. The molecule has 1 aromatic rings. The molecule has 0 aromatic carbocycles. The SMILES string of the molecule is CN1CCN(c2cnnc(NCCC3=CCCCC3)n2)CC1. The molecule has 0 amide bonds. The lowest BCUT2D eigenvalue weighted by Crippen LogP contribution is -2.44. The minimum absolute atomic E-state index is 0.646. The van der Waals surface area contributed by atoms with Gasteiger partial charge in [0.15, 0.2) is 5.82 Å². The first kappa shape index (κ1) is 15.2. The highest BCUT2D eigenvalue weighted by Crippen LogP contribution is 2.20. The first-order valence-corrected chi connectivity index (χ1v) is 8.36. The van der Waals surface area contributed by atoms with Crippen molar-refractivity contribution in [2.45, 2.75) is 32.1 Å². The summed E-state index contributed by atoms with van der Waals surface area (Å²) in [7, 11) is 2.16. The lowest BCUT2D eigenvalue weighted by atomic mass is 9.97. The van der Waals surface area contributed by atoms with E-state index in [9.17, 15) is 0 Å². The van der Waals surface area contributed by atoms with Crippen LogP contribution in [0.3, 0.4) is 0 Å². The standard InChI is InChI=1S/C16H26N6/c1-21-9-11-22(12-10-21)15-13-18-20-16(19-15)17-8-7-14-5-3-2-4-6-14/h5,13H,2-4,6-12H2,1H3,(H,17,19,20). The highest BCUT2D eigenvalue weighted by atomic mass is 15.3. The van der Waals surface area contributed by atoms with Gasteiger partial charge in [-0.1, -0.05) is 11.6 Å². The number of piperazine rings is 1. The van der Waals surface area contributed by atoms with Gasteiger partial charge < -0.3 is 15.1 Å². The molecule has 0 spiro atoms. The molecular formula is C16H26N6. The molecule has 1 aromatic heterocycles. The predicted molar refractivity (Wildman–Crippen MR) is 89.2 cm³/mol. The van der Waals surface area contributed by atoms with Gasteiger partial charge in [0.1, 0.15) is 0 Å². The smallest absolute Gasteiger partial charge is 0.244 e. The van der Waals surface area contributed by atoms with Crippen LogP contribution in [0.5, 0.6) is 0 Å². The Labute approximate surface area is 132 Å². The van der Waals surface area contributed by atoms with Crippen LogP contribution in [0.2, 0.25) is 0 Å². The number of rotatable bonds is 5. The van der Waals surface area contributed by atoms with Crippen molar-refractivity contribution in [3.63, 3.8) is 0 Å². The summed E-state index contributed by atoms with van der Waals surface area (Å²) < 4.78 is 0. The Morgan fingerprint density at radius 3 is 2.82 bits per heavy atom. The predicted octanol–water partition coefficient (Wildman–Crippen LogP) is 1.93. The second-order valence-corrected chi connectivity index (χ2v) is 6.21. The van der Waals surface area contributed by atoms with Crippen molar-refractivity contribution in [2.75, 3.05) is 50.0 Å². The monoisotopic (exact) mass is 302 g/mol. The molecule has 2 aliphatic rings. The lowest BCUT2D eigenvalue weighted by Gasteiger charge is -2.32. The number of hydrogen-bond donors (Lipinski definition) is 1. The van der Waals surface area contributed by atoms with Crippen molar-refractivity contribution in [3.05, 3.63) is 17.8 Å². The van der Waals surface area contributed by atoms with E-state index >= 15 is 0 Å². The van der Waals surface area contributed by atoms with Crippen molar-refractivity contribution in [3.8, 4) is 0 Å². The van der Waals surface area contributed by atoms with Crippen LogP contribution < -0.4 is 10.2 Å². The molecular weight excluding hydrogens is 276 g/mol.